The maximum absolute atomic E-state index is 11.9. The fourth-order valence-corrected chi connectivity index (χ4v) is 5.74. The minimum atomic E-state index is -3.92. The zero-order valence-electron chi connectivity index (χ0n) is 14.2. The summed E-state index contributed by atoms with van der Waals surface area (Å²) in [6.45, 7) is 0. The molecule has 0 aromatic heterocycles. The first-order valence-electron chi connectivity index (χ1n) is 8.02. The van der Waals surface area contributed by atoms with Crippen LogP contribution in [0.1, 0.15) is 17.9 Å². The number of benzene rings is 1. The monoisotopic (exact) mass is 404 g/mol. The molecule has 2 aliphatic carbocycles. The quantitative estimate of drug-likeness (QED) is 0.691. The zero-order chi connectivity index (χ0) is 19.3. The van der Waals surface area contributed by atoms with E-state index < -0.39 is 62.1 Å². The molecule has 2 saturated carbocycles. The average Bonchev–Trinajstić information content (AvgIpc) is 3.02. The van der Waals surface area contributed by atoms with Gasteiger partial charge in [0.2, 0.25) is 0 Å². The van der Waals surface area contributed by atoms with E-state index in [2.05, 4.69) is 0 Å². The molecule has 1 aromatic rings. The van der Waals surface area contributed by atoms with Crippen LogP contribution < -0.4 is 0 Å². The van der Waals surface area contributed by atoms with Crippen molar-refractivity contribution in [3.8, 4) is 0 Å². The highest BCUT2D eigenvalue weighted by molar-refractivity contribution is 7.86. The van der Waals surface area contributed by atoms with Gasteiger partial charge < -0.3 is 5.11 Å². The number of hydrogen-bond donors (Lipinski definition) is 1. The van der Waals surface area contributed by atoms with E-state index in [1.54, 1.807) is 30.3 Å². The Morgan fingerprint density at radius 2 is 1.46 bits per heavy atom. The average molecular weight is 404 g/mol. The van der Waals surface area contributed by atoms with Crippen molar-refractivity contribution in [3.05, 3.63) is 35.9 Å². The third kappa shape index (κ3) is 3.78. The number of carboxylic acids is 1. The van der Waals surface area contributed by atoms with Crippen LogP contribution in [0.2, 0.25) is 0 Å². The fourth-order valence-electron chi connectivity index (χ4n) is 4.43. The number of rotatable bonds is 6. The van der Waals surface area contributed by atoms with Crippen molar-refractivity contribution in [1.29, 1.82) is 0 Å². The van der Waals surface area contributed by atoms with Crippen molar-refractivity contribution in [2.24, 2.45) is 17.8 Å². The molecule has 1 aromatic carbocycles. The van der Waals surface area contributed by atoms with E-state index in [-0.39, 0.29) is 0 Å². The van der Waals surface area contributed by atoms with Crippen LogP contribution in [-0.2, 0) is 33.4 Å². The molecule has 144 valence electrons. The van der Waals surface area contributed by atoms with Crippen molar-refractivity contribution in [3.63, 3.8) is 0 Å². The highest BCUT2D eigenvalue weighted by Gasteiger charge is 2.63. The van der Waals surface area contributed by atoms with Crippen LogP contribution in [0.4, 0.5) is 0 Å². The third-order valence-electron chi connectivity index (χ3n) is 5.06. The molecule has 3 rings (SSSR count). The molecule has 0 amide bonds. The van der Waals surface area contributed by atoms with Crippen molar-refractivity contribution >= 4 is 26.2 Å². The summed E-state index contributed by atoms with van der Waals surface area (Å²) in [4.78, 5) is 11.9. The van der Waals surface area contributed by atoms with Gasteiger partial charge in [-0.3, -0.25) is 13.2 Å². The predicted molar refractivity (Wildman–Crippen MR) is 91.3 cm³/mol. The first kappa shape index (κ1) is 19.3. The van der Waals surface area contributed by atoms with Gasteiger partial charge in [-0.15, -0.1) is 0 Å². The molecule has 0 heterocycles. The lowest BCUT2D eigenvalue weighted by molar-refractivity contribution is -0.147. The first-order valence-corrected chi connectivity index (χ1v) is 11.7. The van der Waals surface area contributed by atoms with Gasteiger partial charge in [0.25, 0.3) is 20.2 Å². The van der Waals surface area contributed by atoms with Gasteiger partial charge >= 0.3 is 5.97 Å². The van der Waals surface area contributed by atoms with Crippen LogP contribution in [0.3, 0.4) is 0 Å². The largest absolute Gasteiger partial charge is 0.481 e. The number of fused-ring (bicyclic) bond motifs is 2. The SMILES string of the molecule is CS(=O)(=O)O[C@H]1[C@@H]2C[C@@H]([C@@H]1OS(C)(=O)=O)[C@@H](c1ccccc1)[C@H]2C(=O)O. The second kappa shape index (κ2) is 6.59. The van der Waals surface area contributed by atoms with Gasteiger partial charge in [-0.2, -0.15) is 16.8 Å². The lowest BCUT2D eigenvalue weighted by Gasteiger charge is -2.37. The van der Waals surface area contributed by atoms with Gasteiger partial charge in [-0.25, -0.2) is 0 Å². The van der Waals surface area contributed by atoms with Crippen molar-refractivity contribution < 1.29 is 35.1 Å². The fraction of sp³-hybridized carbons (Fsp3) is 0.562. The van der Waals surface area contributed by atoms with E-state index in [0.29, 0.717) is 6.42 Å². The lowest BCUT2D eigenvalue weighted by atomic mass is 9.73. The maximum Gasteiger partial charge on any atom is 0.307 e. The molecule has 6 atom stereocenters. The highest BCUT2D eigenvalue weighted by atomic mass is 32.2. The van der Waals surface area contributed by atoms with Gasteiger partial charge in [-0.05, 0) is 17.9 Å². The Morgan fingerprint density at radius 1 is 0.962 bits per heavy atom. The maximum atomic E-state index is 11.9. The zero-order valence-corrected chi connectivity index (χ0v) is 15.8. The minimum absolute atomic E-state index is 0.316. The van der Waals surface area contributed by atoms with E-state index in [1.165, 1.54) is 0 Å². The van der Waals surface area contributed by atoms with E-state index in [9.17, 15) is 26.7 Å². The summed E-state index contributed by atoms with van der Waals surface area (Å²) in [5.74, 6) is -3.57. The molecule has 2 aliphatic rings. The summed E-state index contributed by atoms with van der Waals surface area (Å²) in [7, 11) is -7.80. The minimum Gasteiger partial charge on any atom is -0.481 e. The molecule has 2 bridgehead atoms. The van der Waals surface area contributed by atoms with E-state index in [1.807, 2.05) is 0 Å². The molecule has 26 heavy (non-hydrogen) atoms. The molecule has 0 saturated heterocycles. The van der Waals surface area contributed by atoms with Crippen LogP contribution >= 0.6 is 0 Å². The second-order valence-electron chi connectivity index (χ2n) is 6.89. The van der Waals surface area contributed by atoms with Crippen LogP contribution in [0.25, 0.3) is 0 Å². The topological polar surface area (TPSA) is 124 Å². The smallest absolute Gasteiger partial charge is 0.307 e. The predicted octanol–water partition coefficient (Wildman–Crippen LogP) is 0.810. The van der Waals surface area contributed by atoms with Gasteiger partial charge in [0.05, 0.1) is 18.4 Å². The Balaban J connectivity index is 2.04. The van der Waals surface area contributed by atoms with Gasteiger partial charge in [0.15, 0.2) is 0 Å². The van der Waals surface area contributed by atoms with E-state index in [0.717, 1.165) is 18.1 Å². The summed E-state index contributed by atoms with van der Waals surface area (Å²) in [6, 6.07) is 8.91. The normalized spacial score (nSPS) is 34.1. The summed E-state index contributed by atoms with van der Waals surface area (Å²) < 4.78 is 56.9. The Bertz CT molecular complexity index is 893. The van der Waals surface area contributed by atoms with Crippen molar-refractivity contribution in [2.45, 2.75) is 24.5 Å². The molecular weight excluding hydrogens is 384 g/mol. The number of hydrogen-bond acceptors (Lipinski definition) is 7. The van der Waals surface area contributed by atoms with Crippen LogP contribution in [0, 0.1) is 17.8 Å². The highest BCUT2D eigenvalue weighted by Crippen LogP contribution is 2.59. The molecule has 8 nitrogen and oxygen atoms in total. The van der Waals surface area contributed by atoms with Gasteiger partial charge in [0.1, 0.15) is 12.2 Å². The van der Waals surface area contributed by atoms with Gasteiger partial charge in [-0.1, -0.05) is 30.3 Å². The number of aliphatic carboxylic acids is 1. The standard InChI is InChI=1S/C16H20O8S2/c1-25(19,20)23-14-10-8-11(15(14)24-26(2,21)22)13(16(17)18)12(10)9-6-4-3-5-7-9/h3-7,10-15H,8H2,1-2H3,(H,17,18)/t10-,11-,12-,13+,14+,15+/m1/s1. The second-order valence-corrected chi connectivity index (χ2v) is 10.1. The van der Waals surface area contributed by atoms with Crippen LogP contribution in [0.5, 0.6) is 0 Å². The summed E-state index contributed by atoms with van der Waals surface area (Å²) in [5.41, 5.74) is 0.757. The van der Waals surface area contributed by atoms with Gasteiger partial charge in [0, 0.05) is 11.8 Å². The molecule has 0 spiro atoms. The summed E-state index contributed by atoms with van der Waals surface area (Å²) in [6.07, 6.45) is -0.156. The Hall–Kier alpha value is -1.49. The Morgan fingerprint density at radius 3 is 1.92 bits per heavy atom. The van der Waals surface area contributed by atoms with E-state index in [4.69, 9.17) is 8.37 Å². The molecule has 0 aliphatic heterocycles. The Kier molecular flexibility index (Phi) is 4.89. The van der Waals surface area contributed by atoms with Crippen molar-refractivity contribution in [2.75, 3.05) is 12.5 Å². The Labute approximate surface area is 152 Å². The summed E-state index contributed by atoms with van der Waals surface area (Å²) in [5, 5.41) is 9.74. The van der Waals surface area contributed by atoms with Crippen molar-refractivity contribution in [1.82, 2.24) is 0 Å². The lowest BCUT2D eigenvalue weighted by Crippen LogP contribution is -2.47. The molecule has 10 heteroatoms. The third-order valence-corrected chi connectivity index (χ3v) is 6.21. The van der Waals surface area contributed by atoms with Crippen LogP contribution in [0.15, 0.2) is 30.3 Å². The molecular formula is C16H20O8S2. The number of carboxylic acid groups (broad SMARTS) is 1. The molecule has 1 N–H and O–H groups in total. The summed E-state index contributed by atoms with van der Waals surface area (Å²) >= 11 is 0. The number of carbonyl (C=O) groups is 1. The first-order chi connectivity index (χ1) is 12.0. The molecule has 0 unspecified atom stereocenters. The van der Waals surface area contributed by atoms with Crippen LogP contribution in [-0.4, -0.2) is 52.6 Å². The van der Waals surface area contributed by atoms with E-state index >= 15 is 0 Å². The molecule has 0 radical (unpaired) electrons. The molecule has 2 fully saturated rings.